The minimum absolute atomic E-state index is 0.0481. The van der Waals surface area contributed by atoms with Crippen LogP contribution in [0.2, 0.25) is 0 Å². The van der Waals surface area contributed by atoms with Gasteiger partial charge in [-0.05, 0) is 51.4 Å². The minimum atomic E-state index is -0.0481. The molecule has 1 saturated heterocycles. The number of fused-ring (bicyclic) bond motifs is 1. The van der Waals surface area contributed by atoms with Crippen LogP contribution < -0.4 is 5.73 Å². The van der Waals surface area contributed by atoms with Crippen LogP contribution in [0.25, 0.3) is 0 Å². The summed E-state index contributed by atoms with van der Waals surface area (Å²) < 4.78 is 5.74. The van der Waals surface area contributed by atoms with Crippen LogP contribution in [0.5, 0.6) is 0 Å². The number of aryl methyl sites for hydroxylation is 1. The number of anilines is 1. The first-order valence-corrected chi connectivity index (χ1v) is 8.67. The Balaban J connectivity index is 1.68. The van der Waals surface area contributed by atoms with Crippen molar-refractivity contribution in [2.45, 2.75) is 57.5 Å². The van der Waals surface area contributed by atoms with E-state index in [9.17, 15) is 4.79 Å². The summed E-state index contributed by atoms with van der Waals surface area (Å²) in [7, 11) is 1.83. The molecular weight excluding hydrogens is 292 g/mol. The molecule has 1 aromatic rings. The van der Waals surface area contributed by atoms with E-state index in [0.717, 1.165) is 62.8 Å². The average molecular weight is 318 g/mol. The molecule has 1 aromatic heterocycles. The normalized spacial score (nSPS) is 20.8. The Morgan fingerprint density at radius 2 is 2.09 bits per heavy atom. The molecular formula is C17H26N4O2. The lowest BCUT2D eigenvalue weighted by Crippen LogP contribution is -2.33. The van der Waals surface area contributed by atoms with E-state index >= 15 is 0 Å². The molecule has 0 radical (unpaired) electrons. The number of nitrogens with two attached hydrogens (primary N) is 1. The third-order valence-corrected chi connectivity index (χ3v) is 4.81. The number of aromatic nitrogens is 2. The van der Waals surface area contributed by atoms with Crippen LogP contribution in [0.4, 0.5) is 5.95 Å². The van der Waals surface area contributed by atoms with Crippen molar-refractivity contribution in [1.82, 2.24) is 14.9 Å². The molecule has 6 nitrogen and oxygen atoms in total. The first-order valence-electron chi connectivity index (χ1n) is 8.67. The molecule has 3 rings (SSSR count). The van der Waals surface area contributed by atoms with E-state index in [0.29, 0.717) is 12.2 Å². The smallest absolute Gasteiger partial charge is 0.272 e. The van der Waals surface area contributed by atoms with Gasteiger partial charge in [-0.15, -0.1) is 0 Å². The van der Waals surface area contributed by atoms with Gasteiger partial charge in [0.2, 0.25) is 5.95 Å². The fraction of sp³-hybridized carbons (Fsp3) is 0.706. The Kier molecular flexibility index (Phi) is 5.10. The van der Waals surface area contributed by atoms with Crippen molar-refractivity contribution >= 4 is 11.9 Å². The van der Waals surface area contributed by atoms with Gasteiger partial charge in [-0.2, -0.15) is 0 Å². The highest BCUT2D eigenvalue weighted by Gasteiger charge is 2.24. The maximum absolute atomic E-state index is 12.8. The molecule has 1 amide bonds. The van der Waals surface area contributed by atoms with Crippen molar-refractivity contribution in [1.29, 1.82) is 0 Å². The summed E-state index contributed by atoms with van der Waals surface area (Å²) >= 11 is 0. The molecule has 126 valence electrons. The molecule has 0 bridgehead atoms. The van der Waals surface area contributed by atoms with Crippen LogP contribution in [-0.4, -0.2) is 47.1 Å². The number of rotatable bonds is 4. The molecule has 0 spiro atoms. The van der Waals surface area contributed by atoms with Crippen molar-refractivity contribution < 1.29 is 9.53 Å². The first kappa shape index (κ1) is 16.2. The summed E-state index contributed by atoms with van der Waals surface area (Å²) in [6.07, 6.45) is 8.58. The summed E-state index contributed by atoms with van der Waals surface area (Å²) in [6, 6.07) is 0. The third kappa shape index (κ3) is 3.80. The molecule has 1 atom stereocenters. The maximum atomic E-state index is 12.8. The van der Waals surface area contributed by atoms with E-state index in [2.05, 4.69) is 9.97 Å². The number of carbonyl (C=O) groups excluding carboxylic acids is 1. The van der Waals surface area contributed by atoms with Gasteiger partial charge in [0.15, 0.2) is 0 Å². The van der Waals surface area contributed by atoms with Gasteiger partial charge in [0.05, 0.1) is 6.10 Å². The molecule has 1 aliphatic carbocycles. The molecule has 1 fully saturated rings. The summed E-state index contributed by atoms with van der Waals surface area (Å²) in [5.41, 5.74) is 8.25. The number of carbonyl (C=O) groups is 1. The minimum Gasteiger partial charge on any atom is -0.378 e. The zero-order valence-electron chi connectivity index (χ0n) is 13.9. The topological polar surface area (TPSA) is 81.3 Å². The molecule has 23 heavy (non-hydrogen) atoms. The average Bonchev–Trinajstić information content (AvgIpc) is 2.59. The highest BCUT2D eigenvalue weighted by molar-refractivity contribution is 5.94. The van der Waals surface area contributed by atoms with Crippen LogP contribution in [0.3, 0.4) is 0 Å². The summed E-state index contributed by atoms with van der Waals surface area (Å²) in [6.45, 7) is 1.53. The van der Waals surface area contributed by atoms with Gasteiger partial charge in [0.1, 0.15) is 5.69 Å². The molecule has 2 aliphatic rings. The van der Waals surface area contributed by atoms with Gasteiger partial charge in [0.25, 0.3) is 5.91 Å². The van der Waals surface area contributed by atoms with Crippen LogP contribution in [0.1, 0.15) is 60.3 Å². The molecule has 2 heterocycles. The van der Waals surface area contributed by atoms with E-state index in [-0.39, 0.29) is 18.0 Å². The Morgan fingerprint density at radius 3 is 2.87 bits per heavy atom. The van der Waals surface area contributed by atoms with Crippen molar-refractivity contribution in [3.05, 3.63) is 17.0 Å². The number of nitrogens with zero attached hydrogens (tertiary/aromatic N) is 3. The zero-order chi connectivity index (χ0) is 16.2. The van der Waals surface area contributed by atoms with Crippen LogP contribution >= 0.6 is 0 Å². The van der Waals surface area contributed by atoms with E-state index in [4.69, 9.17) is 10.5 Å². The first-order chi connectivity index (χ1) is 11.1. The molecule has 1 aliphatic heterocycles. The van der Waals surface area contributed by atoms with Gasteiger partial charge in [-0.25, -0.2) is 9.97 Å². The van der Waals surface area contributed by atoms with Crippen molar-refractivity contribution in [2.75, 3.05) is 25.9 Å². The van der Waals surface area contributed by atoms with Crippen molar-refractivity contribution in [3.63, 3.8) is 0 Å². The molecule has 6 heteroatoms. The SMILES string of the molecule is CN(CC[C@H]1CCCCO1)C(=O)c1nc(N)nc2c1CCCC2. The molecule has 0 saturated carbocycles. The number of amides is 1. The molecule has 0 unspecified atom stereocenters. The van der Waals surface area contributed by atoms with Gasteiger partial charge in [0, 0.05) is 31.5 Å². The van der Waals surface area contributed by atoms with Gasteiger partial charge >= 0.3 is 0 Å². The van der Waals surface area contributed by atoms with Gasteiger partial charge in [-0.3, -0.25) is 4.79 Å². The molecule has 0 aromatic carbocycles. The van der Waals surface area contributed by atoms with Crippen LogP contribution in [0, 0.1) is 0 Å². The van der Waals surface area contributed by atoms with E-state index in [1.165, 1.54) is 6.42 Å². The largest absolute Gasteiger partial charge is 0.378 e. The third-order valence-electron chi connectivity index (χ3n) is 4.81. The number of hydrogen-bond donors (Lipinski definition) is 1. The quantitative estimate of drug-likeness (QED) is 0.918. The van der Waals surface area contributed by atoms with Gasteiger partial charge in [-0.1, -0.05) is 0 Å². The Labute approximate surface area is 137 Å². The van der Waals surface area contributed by atoms with Crippen molar-refractivity contribution in [3.8, 4) is 0 Å². The summed E-state index contributed by atoms with van der Waals surface area (Å²) in [5, 5.41) is 0. The second-order valence-corrected chi connectivity index (χ2v) is 6.57. The standard InChI is InChI=1S/C17H26N4O2/c1-21(10-9-12-6-4-5-11-23-12)16(22)15-13-7-2-3-8-14(13)19-17(18)20-15/h12H,2-11H2,1H3,(H2,18,19,20)/t12-/m1/s1. The lowest BCUT2D eigenvalue weighted by molar-refractivity contribution is 0.00704. The second-order valence-electron chi connectivity index (χ2n) is 6.57. The number of ether oxygens (including phenoxy) is 1. The van der Waals surface area contributed by atoms with E-state index < -0.39 is 0 Å². The Bertz CT molecular complexity index is 570. The zero-order valence-corrected chi connectivity index (χ0v) is 13.9. The number of hydrogen-bond acceptors (Lipinski definition) is 5. The predicted molar refractivity (Wildman–Crippen MR) is 88.3 cm³/mol. The Morgan fingerprint density at radius 1 is 1.26 bits per heavy atom. The Hall–Kier alpha value is -1.69. The monoisotopic (exact) mass is 318 g/mol. The maximum Gasteiger partial charge on any atom is 0.272 e. The lowest BCUT2D eigenvalue weighted by atomic mass is 9.94. The lowest BCUT2D eigenvalue weighted by Gasteiger charge is -2.26. The highest BCUT2D eigenvalue weighted by atomic mass is 16.5. The van der Waals surface area contributed by atoms with Crippen LogP contribution in [-0.2, 0) is 17.6 Å². The van der Waals surface area contributed by atoms with E-state index in [1.54, 1.807) is 4.90 Å². The second kappa shape index (κ2) is 7.25. The van der Waals surface area contributed by atoms with E-state index in [1.807, 2.05) is 7.05 Å². The predicted octanol–water partition coefficient (Wildman–Crippen LogP) is 1.97. The summed E-state index contributed by atoms with van der Waals surface area (Å²) in [4.78, 5) is 23.1. The van der Waals surface area contributed by atoms with Gasteiger partial charge < -0.3 is 15.4 Å². The highest BCUT2D eigenvalue weighted by Crippen LogP contribution is 2.24. The number of nitrogen functional groups attached to an aromatic ring is 1. The van der Waals surface area contributed by atoms with Crippen molar-refractivity contribution in [2.24, 2.45) is 0 Å². The van der Waals surface area contributed by atoms with Crippen LogP contribution in [0.15, 0.2) is 0 Å². The summed E-state index contributed by atoms with van der Waals surface area (Å²) in [5.74, 6) is 0.158. The fourth-order valence-corrected chi connectivity index (χ4v) is 3.45. The molecule has 2 N–H and O–H groups in total. The fourth-order valence-electron chi connectivity index (χ4n) is 3.45.